The van der Waals surface area contributed by atoms with Gasteiger partial charge in [-0.2, -0.15) is 0 Å². The lowest BCUT2D eigenvalue weighted by Crippen LogP contribution is -2.32. The number of hydrogen-bond donors (Lipinski definition) is 2. The SMILES string of the molecule is C[S@](=O)CCNC(=O)Nc1ccccc1OC[C@@H]1CCCCO1. The topological polar surface area (TPSA) is 76.7 Å². The van der Waals surface area contributed by atoms with Crippen LogP contribution in [0.2, 0.25) is 0 Å². The van der Waals surface area contributed by atoms with E-state index in [1.165, 1.54) is 0 Å². The molecule has 1 aromatic rings. The summed E-state index contributed by atoms with van der Waals surface area (Å²) < 4.78 is 22.4. The van der Waals surface area contributed by atoms with Gasteiger partial charge in [0.2, 0.25) is 0 Å². The summed E-state index contributed by atoms with van der Waals surface area (Å²) in [5.74, 6) is 1.06. The Morgan fingerprint density at radius 3 is 2.96 bits per heavy atom. The Morgan fingerprint density at radius 1 is 1.39 bits per heavy atom. The number of carbonyl (C=O) groups is 1. The molecule has 128 valence electrons. The molecule has 0 aliphatic carbocycles. The molecule has 1 saturated heterocycles. The van der Waals surface area contributed by atoms with Crippen molar-refractivity contribution in [3.8, 4) is 5.75 Å². The minimum atomic E-state index is -0.920. The zero-order chi connectivity index (χ0) is 16.5. The summed E-state index contributed by atoms with van der Waals surface area (Å²) in [6, 6.07) is 6.97. The Kier molecular flexibility index (Phi) is 7.35. The van der Waals surface area contributed by atoms with E-state index < -0.39 is 10.8 Å². The summed E-state index contributed by atoms with van der Waals surface area (Å²) in [4.78, 5) is 11.9. The third kappa shape index (κ3) is 6.58. The van der Waals surface area contributed by atoms with Crippen LogP contribution in [0.5, 0.6) is 5.75 Å². The number of amides is 2. The van der Waals surface area contributed by atoms with Gasteiger partial charge in [-0.1, -0.05) is 12.1 Å². The lowest BCUT2D eigenvalue weighted by atomic mass is 10.1. The van der Waals surface area contributed by atoms with Crippen LogP contribution >= 0.6 is 0 Å². The fraction of sp³-hybridized carbons (Fsp3) is 0.562. The maximum Gasteiger partial charge on any atom is 0.319 e. The molecular formula is C16H24N2O4S. The largest absolute Gasteiger partial charge is 0.489 e. The predicted octanol–water partition coefficient (Wildman–Crippen LogP) is 2.13. The number of benzene rings is 1. The van der Waals surface area contributed by atoms with Crippen molar-refractivity contribution in [2.24, 2.45) is 0 Å². The second kappa shape index (κ2) is 9.52. The number of anilines is 1. The summed E-state index contributed by atoms with van der Waals surface area (Å²) in [6.45, 7) is 1.64. The molecule has 1 aromatic carbocycles. The number of urea groups is 1. The molecule has 2 atom stereocenters. The van der Waals surface area contributed by atoms with Gasteiger partial charge in [0, 0.05) is 36.0 Å². The van der Waals surface area contributed by atoms with E-state index in [2.05, 4.69) is 10.6 Å². The molecule has 7 heteroatoms. The van der Waals surface area contributed by atoms with Crippen LogP contribution in [-0.4, -0.2) is 48.1 Å². The molecule has 2 amide bonds. The molecule has 1 heterocycles. The predicted molar refractivity (Wildman–Crippen MR) is 91.5 cm³/mol. The van der Waals surface area contributed by atoms with Crippen LogP contribution < -0.4 is 15.4 Å². The first-order chi connectivity index (χ1) is 11.1. The van der Waals surface area contributed by atoms with E-state index in [4.69, 9.17) is 9.47 Å². The number of para-hydroxylation sites is 2. The first-order valence-corrected chi connectivity index (χ1v) is 9.56. The third-order valence-electron chi connectivity index (χ3n) is 3.51. The van der Waals surface area contributed by atoms with Gasteiger partial charge in [-0.3, -0.25) is 4.21 Å². The van der Waals surface area contributed by atoms with Gasteiger partial charge in [-0.05, 0) is 31.4 Å². The zero-order valence-corrected chi connectivity index (χ0v) is 14.2. The molecule has 1 aliphatic rings. The fourth-order valence-electron chi connectivity index (χ4n) is 2.29. The molecule has 0 aromatic heterocycles. The summed E-state index contributed by atoms with van der Waals surface area (Å²) >= 11 is 0. The van der Waals surface area contributed by atoms with E-state index in [-0.39, 0.29) is 12.1 Å². The summed E-state index contributed by atoms with van der Waals surface area (Å²) in [7, 11) is -0.920. The maximum atomic E-state index is 11.9. The molecule has 1 aliphatic heterocycles. The molecule has 1 fully saturated rings. The quantitative estimate of drug-likeness (QED) is 0.797. The van der Waals surface area contributed by atoms with Crippen LogP contribution in [0.4, 0.5) is 10.5 Å². The van der Waals surface area contributed by atoms with Gasteiger partial charge < -0.3 is 20.1 Å². The van der Waals surface area contributed by atoms with Crippen molar-refractivity contribution in [1.29, 1.82) is 0 Å². The van der Waals surface area contributed by atoms with Gasteiger partial charge in [0.1, 0.15) is 12.4 Å². The minimum Gasteiger partial charge on any atom is -0.489 e. The van der Waals surface area contributed by atoms with Gasteiger partial charge >= 0.3 is 6.03 Å². The van der Waals surface area contributed by atoms with E-state index in [1.807, 2.05) is 18.2 Å². The lowest BCUT2D eigenvalue weighted by Gasteiger charge is -2.23. The highest BCUT2D eigenvalue weighted by molar-refractivity contribution is 7.84. The molecule has 0 spiro atoms. The molecule has 0 saturated carbocycles. The molecule has 0 radical (unpaired) electrons. The number of carbonyl (C=O) groups excluding carboxylic acids is 1. The number of nitrogens with one attached hydrogen (secondary N) is 2. The number of hydrogen-bond acceptors (Lipinski definition) is 4. The van der Waals surface area contributed by atoms with E-state index >= 15 is 0 Å². The van der Waals surface area contributed by atoms with Crippen molar-refractivity contribution in [2.75, 3.05) is 37.1 Å². The Bertz CT molecular complexity index is 533. The normalized spacial score (nSPS) is 18.9. The first-order valence-electron chi connectivity index (χ1n) is 7.83. The smallest absolute Gasteiger partial charge is 0.319 e. The molecule has 2 rings (SSSR count). The Hall–Kier alpha value is -1.60. The number of ether oxygens (including phenoxy) is 2. The van der Waals surface area contributed by atoms with Crippen molar-refractivity contribution >= 4 is 22.5 Å². The number of rotatable bonds is 7. The minimum absolute atomic E-state index is 0.116. The van der Waals surface area contributed by atoms with Crippen molar-refractivity contribution < 1.29 is 18.5 Å². The van der Waals surface area contributed by atoms with Crippen LogP contribution in [-0.2, 0) is 15.5 Å². The van der Waals surface area contributed by atoms with Gasteiger partial charge in [0.25, 0.3) is 0 Å². The van der Waals surface area contributed by atoms with Crippen LogP contribution in [0.1, 0.15) is 19.3 Å². The van der Waals surface area contributed by atoms with Gasteiger partial charge in [0.15, 0.2) is 0 Å². The maximum absolute atomic E-state index is 11.9. The first kappa shape index (κ1) is 17.7. The highest BCUT2D eigenvalue weighted by atomic mass is 32.2. The van der Waals surface area contributed by atoms with Gasteiger partial charge in [-0.15, -0.1) is 0 Å². The second-order valence-electron chi connectivity index (χ2n) is 5.45. The Balaban J connectivity index is 1.83. The average Bonchev–Trinajstić information content (AvgIpc) is 2.54. The molecule has 23 heavy (non-hydrogen) atoms. The average molecular weight is 340 g/mol. The van der Waals surface area contributed by atoms with Crippen LogP contribution in [0.15, 0.2) is 24.3 Å². The van der Waals surface area contributed by atoms with Crippen molar-refractivity contribution in [3.63, 3.8) is 0 Å². The Labute approximate surface area is 139 Å². The van der Waals surface area contributed by atoms with E-state index in [0.29, 0.717) is 30.3 Å². The van der Waals surface area contributed by atoms with Gasteiger partial charge in [-0.25, -0.2) is 4.79 Å². The standard InChI is InChI=1S/C16H24N2O4S/c1-23(20)11-9-17-16(19)18-14-7-2-3-8-15(14)22-12-13-6-4-5-10-21-13/h2-3,7-8,13H,4-6,9-12H2,1H3,(H2,17,18,19)/t13-,23-/m0/s1. The lowest BCUT2D eigenvalue weighted by molar-refractivity contribution is -0.0109. The molecule has 2 N–H and O–H groups in total. The zero-order valence-electron chi connectivity index (χ0n) is 13.4. The fourth-order valence-corrected chi connectivity index (χ4v) is 2.68. The van der Waals surface area contributed by atoms with Crippen molar-refractivity contribution in [1.82, 2.24) is 5.32 Å². The van der Waals surface area contributed by atoms with Crippen LogP contribution in [0.25, 0.3) is 0 Å². The van der Waals surface area contributed by atoms with E-state index in [9.17, 15) is 9.00 Å². The third-order valence-corrected chi connectivity index (χ3v) is 4.29. The summed E-state index contributed by atoms with van der Waals surface area (Å²) in [6.07, 6.45) is 5.00. The van der Waals surface area contributed by atoms with E-state index in [1.54, 1.807) is 12.3 Å². The molecule has 0 bridgehead atoms. The van der Waals surface area contributed by atoms with Crippen molar-refractivity contribution in [3.05, 3.63) is 24.3 Å². The van der Waals surface area contributed by atoms with Crippen LogP contribution in [0.3, 0.4) is 0 Å². The molecule has 6 nitrogen and oxygen atoms in total. The molecule has 0 unspecified atom stereocenters. The van der Waals surface area contributed by atoms with Crippen LogP contribution in [0, 0.1) is 0 Å². The van der Waals surface area contributed by atoms with E-state index in [0.717, 1.165) is 25.9 Å². The Morgan fingerprint density at radius 2 is 2.22 bits per heavy atom. The molecular weight excluding hydrogens is 316 g/mol. The summed E-state index contributed by atoms with van der Waals surface area (Å²) in [5.41, 5.74) is 0.610. The van der Waals surface area contributed by atoms with Crippen molar-refractivity contribution in [2.45, 2.75) is 25.4 Å². The van der Waals surface area contributed by atoms with Gasteiger partial charge in [0.05, 0.1) is 11.8 Å². The highest BCUT2D eigenvalue weighted by Crippen LogP contribution is 2.24. The second-order valence-corrected chi connectivity index (χ2v) is 7.01. The highest BCUT2D eigenvalue weighted by Gasteiger charge is 2.15. The summed E-state index contributed by atoms with van der Waals surface area (Å²) in [5, 5.41) is 5.43. The monoisotopic (exact) mass is 340 g/mol.